The third kappa shape index (κ3) is 2.47. The van der Waals surface area contributed by atoms with Crippen molar-refractivity contribution < 1.29 is 9.53 Å². The van der Waals surface area contributed by atoms with Crippen LogP contribution in [0.4, 0.5) is 0 Å². The minimum Gasteiger partial charge on any atom is -0.468 e. The summed E-state index contributed by atoms with van der Waals surface area (Å²) in [7, 11) is 1.30. The second kappa shape index (κ2) is 4.77. The van der Waals surface area contributed by atoms with Gasteiger partial charge in [-0.05, 0) is 33.6 Å². The zero-order valence-electron chi connectivity index (χ0n) is 7.46. The van der Waals surface area contributed by atoms with Crippen molar-refractivity contribution >= 4 is 33.5 Å². The normalized spacial score (nSPS) is 12.3. The molecule has 0 radical (unpaired) electrons. The topological polar surface area (TPSA) is 52.3 Å². The monoisotopic (exact) mass is 277 g/mol. The second-order valence-electron chi connectivity index (χ2n) is 2.67. The quantitative estimate of drug-likeness (QED) is 0.844. The van der Waals surface area contributed by atoms with Crippen LogP contribution < -0.4 is 5.73 Å². The van der Waals surface area contributed by atoms with Crippen molar-refractivity contribution in [2.24, 2.45) is 5.73 Å². The largest absolute Gasteiger partial charge is 0.468 e. The first-order valence-corrected chi connectivity index (χ1v) is 5.01. The van der Waals surface area contributed by atoms with E-state index in [0.717, 1.165) is 0 Å². The van der Waals surface area contributed by atoms with Gasteiger partial charge in [0.05, 0.1) is 12.1 Å². The fourth-order valence-corrected chi connectivity index (χ4v) is 1.48. The predicted molar refractivity (Wildman–Crippen MR) is 58.1 cm³/mol. The van der Waals surface area contributed by atoms with Gasteiger partial charge in [0, 0.05) is 4.47 Å². The first-order chi connectivity index (χ1) is 6.56. The number of esters is 1. The number of hydrogen-bond donors (Lipinski definition) is 1. The third-order valence-electron chi connectivity index (χ3n) is 1.76. The average Bonchev–Trinajstić information content (AvgIpc) is 2.20. The van der Waals surface area contributed by atoms with Crippen LogP contribution in [0.3, 0.4) is 0 Å². The fraction of sp³-hybridized carbons (Fsp3) is 0.222. The molecule has 0 heterocycles. The van der Waals surface area contributed by atoms with Crippen molar-refractivity contribution in [2.45, 2.75) is 6.04 Å². The molecule has 0 aliphatic carbocycles. The SMILES string of the molecule is COC(=O)[C@H](N)c1ccc(Cl)c(Br)c1. The van der Waals surface area contributed by atoms with Gasteiger partial charge in [0.2, 0.25) is 0 Å². The number of hydrogen-bond acceptors (Lipinski definition) is 3. The third-order valence-corrected chi connectivity index (χ3v) is 2.97. The van der Waals surface area contributed by atoms with E-state index in [1.165, 1.54) is 7.11 Å². The number of rotatable bonds is 2. The Balaban J connectivity index is 2.96. The standard InChI is InChI=1S/C9H9BrClNO2/c1-14-9(13)8(12)5-2-3-7(11)6(10)4-5/h2-4,8H,12H2,1H3/t8-/m1/s1. The Kier molecular flexibility index (Phi) is 3.92. The van der Waals surface area contributed by atoms with Crippen molar-refractivity contribution in [3.05, 3.63) is 33.3 Å². The Hall–Kier alpha value is -0.580. The molecule has 0 unspecified atom stereocenters. The molecular weight excluding hydrogens is 269 g/mol. The summed E-state index contributed by atoms with van der Waals surface area (Å²) >= 11 is 9.04. The number of methoxy groups -OCH3 is 1. The maximum absolute atomic E-state index is 11.1. The molecule has 0 saturated carbocycles. The minimum atomic E-state index is -0.770. The molecule has 0 fully saturated rings. The summed E-state index contributed by atoms with van der Waals surface area (Å²) in [6.45, 7) is 0. The molecule has 0 aliphatic rings. The highest BCUT2D eigenvalue weighted by atomic mass is 79.9. The second-order valence-corrected chi connectivity index (χ2v) is 3.94. The summed E-state index contributed by atoms with van der Waals surface area (Å²) < 4.78 is 5.23. The molecule has 76 valence electrons. The van der Waals surface area contributed by atoms with E-state index in [2.05, 4.69) is 20.7 Å². The first-order valence-electron chi connectivity index (χ1n) is 3.84. The number of halogens is 2. The molecule has 5 heteroatoms. The van der Waals surface area contributed by atoms with Crippen LogP contribution in [-0.2, 0) is 9.53 Å². The van der Waals surface area contributed by atoms with E-state index in [4.69, 9.17) is 17.3 Å². The van der Waals surface area contributed by atoms with Crippen molar-refractivity contribution in [3.63, 3.8) is 0 Å². The van der Waals surface area contributed by atoms with E-state index < -0.39 is 12.0 Å². The van der Waals surface area contributed by atoms with Crippen molar-refractivity contribution in [1.29, 1.82) is 0 Å². The summed E-state index contributed by atoms with van der Waals surface area (Å²) in [4.78, 5) is 11.1. The lowest BCUT2D eigenvalue weighted by molar-refractivity contribution is -0.142. The maximum atomic E-state index is 11.1. The van der Waals surface area contributed by atoms with Crippen molar-refractivity contribution in [3.8, 4) is 0 Å². The molecule has 3 nitrogen and oxygen atoms in total. The molecule has 1 rings (SSSR count). The molecular formula is C9H9BrClNO2. The smallest absolute Gasteiger partial charge is 0.327 e. The highest BCUT2D eigenvalue weighted by Gasteiger charge is 2.16. The van der Waals surface area contributed by atoms with Gasteiger partial charge in [-0.3, -0.25) is 4.79 Å². The predicted octanol–water partition coefficient (Wildman–Crippen LogP) is 2.28. The lowest BCUT2D eigenvalue weighted by Gasteiger charge is -2.10. The van der Waals surface area contributed by atoms with Gasteiger partial charge >= 0.3 is 5.97 Å². The number of carbonyl (C=O) groups excluding carboxylic acids is 1. The van der Waals surface area contributed by atoms with Crippen LogP contribution in [0.2, 0.25) is 5.02 Å². The number of nitrogens with two attached hydrogens (primary N) is 1. The molecule has 1 atom stereocenters. The number of ether oxygens (including phenoxy) is 1. The highest BCUT2D eigenvalue weighted by molar-refractivity contribution is 9.10. The van der Waals surface area contributed by atoms with Gasteiger partial charge in [-0.25, -0.2) is 0 Å². The highest BCUT2D eigenvalue weighted by Crippen LogP contribution is 2.25. The van der Waals surface area contributed by atoms with Crippen LogP contribution in [0.1, 0.15) is 11.6 Å². The van der Waals surface area contributed by atoms with Gasteiger partial charge in [-0.1, -0.05) is 17.7 Å². The van der Waals surface area contributed by atoms with Gasteiger partial charge in [-0.15, -0.1) is 0 Å². The Labute approximate surface area is 95.3 Å². The summed E-state index contributed by atoms with van der Waals surface area (Å²) in [5.74, 6) is -0.473. The molecule has 0 amide bonds. The van der Waals surface area contributed by atoms with Crippen LogP contribution in [-0.4, -0.2) is 13.1 Å². The molecule has 2 N–H and O–H groups in total. The zero-order chi connectivity index (χ0) is 10.7. The molecule has 0 saturated heterocycles. The summed E-state index contributed by atoms with van der Waals surface area (Å²) in [6, 6.07) is 4.29. The van der Waals surface area contributed by atoms with E-state index in [9.17, 15) is 4.79 Å². The molecule has 0 aromatic heterocycles. The lowest BCUT2D eigenvalue weighted by Crippen LogP contribution is -2.22. The Morgan fingerprint density at radius 1 is 1.64 bits per heavy atom. The maximum Gasteiger partial charge on any atom is 0.327 e. The summed E-state index contributed by atoms with van der Waals surface area (Å²) in [6.07, 6.45) is 0. The van der Waals surface area contributed by atoms with E-state index in [1.807, 2.05) is 0 Å². The lowest BCUT2D eigenvalue weighted by atomic mass is 10.1. The Morgan fingerprint density at radius 3 is 2.79 bits per heavy atom. The van der Waals surface area contributed by atoms with Crippen LogP contribution >= 0.6 is 27.5 Å². The Morgan fingerprint density at radius 2 is 2.29 bits per heavy atom. The summed E-state index contributed by atoms with van der Waals surface area (Å²) in [5.41, 5.74) is 6.29. The van der Waals surface area contributed by atoms with Gasteiger partial charge in [-0.2, -0.15) is 0 Å². The van der Waals surface area contributed by atoms with Gasteiger partial charge in [0.15, 0.2) is 0 Å². The van der Waals surface area contributed by atoms with Gasteiger partial charge < -0.3 is 10.5 Å². The van der Waals surface area contributed by atoms with E-state index in [0.29, 0.717) is 15.1 Å². The van der Waals surface area contributed by atoms with Gasteiger partial charge in [0.1, 0.15) is 6.04 Å². The van der Waals surface area contributed by atoms with E-state index in [-0.39, 0.29) is 0 Å². The molecule has 0 spiro atoms. The minimum absolute atomic E-state index is 0.473. The number of benzene rings is 1. The van der Waals surface area contributed by atoms with Crippen LogP contribution in [0, 0.1) is 0 Å². The molecule has 1 aromatic carbocycles. The molecule has 0 aliphatic heterocycles. The van der Waals surface area contributed by atoms with Crippen molar-refractivity contribution in [1.82, 2.24) is 0 Å². The van der Waals surface area contributed by atoms with E-state index >= 15 is 0 Å². The van der Waals surface area contributed by atoms with E-state index in [1.54, 1.807) is 18.2 Å². The molecule has 0 bridgehead atoms. The average molecular weight is 279 g/mol. The van der Waals surface area contributed by atoms with Crippen LogP contribution in [0.25, 0.3) is 0 Å². The zero-order valence-corrected chi connectivity index (χ0v) is 9.80. The van der Waals surface area contributed by atoms with Crippen LogP contribution in [0.15, 0.2) is 22.7 Å². The first kappa shape index (κ1) is 11.5. The fourth-order valence-electron chi connectivity index (χ4n) is 0.969. The molecule has 1 aromatic rings. The molecule has 14 heavy (non-hydrogen) atoms. The van der Waals surface area contributed by atoms with Crippen molar-refractivity contribution in [2.75, 3.05) is 7.11 Å². The van der Waals surface area contributed by atoms with Gasteiger partial charge in [0.25, 0.3) is 0 Å². The Bertz CT molecular complexity index is 357. The van der Waals surface area contributed by atoms with Crippen LogP contribution in [0.5, 0.6) is 0 Å². The summed E-state index contributed by atoms with van der Waals surface area (Å²) in [5, 5.41) is 0.575. The number of carbonyl (C=O) groups is 1.